The molecule has 0 bridgehead atoms. The molecule has 0 spiro atoms. The number of carbonyl (C=O) groups excluding carboxylic acids is 1. The molecule has 5 heteroatoms. The Bertz CT molecular complexity index is 357. The van der Waals surface area contributed by atoms with Crippen LogP contribution in [-0.4, -0.2) is 6.03 Å². The second-order valence-corrected chi connectivity index (χ2v) is 2.18. The van der Waals surface area contributed by atoms with Crippen LogP contribution in [0.4, 0.5) is 10.5 Å². The van der Waals surface area contributed by atoms with Crippen LogP contribution in [0.2, 0.25) is 0 Å². The van der Waals surface area contributed by atoms with E-state index < -0.39 is 6.03 Å². The highest BCUT2D eigenvalue weighted by molar-refractivity contribution is 5.89. The Morgan fingerprint density at radius 1 is 1.54 bits per heavy atom. The maximum absolute atomic E-state index is 10.5. The monoisotopic (exact) mass is 177 g/mol. The van der Waals surface area contributed by atoms with Gasteiger partial charge in [-0.3, -0.25) is 0 Å². The molecule has 1 aromatic carbocycles. The molecule has 0 aliphatic heterocycles. The molecule has 0 aromatic heterocycles. The quantitative estimate of drug-likeness (QED) is 0.661. The summed E-state index contributed by atoms with van der Waals surface area (Å²) in [5, 5.41) is 10.6. The fraction of sp³-hybridized carbons (Fsp3) is 0. The zero-order chi connectivity index (χ0) is 9.68. The number of primary amides is 1. The minimum atomic E-state index is -0.700. The van der Waals surface area contributed by atoms with Gasteiger partial charge in [0.2, 0.25) is 0 Å². The van der Waals surface area contributed by atoms with Crippen molar-refractivity contribution in [2.75, 3.05) is 5.32 Å². The van der Waals surface area contributed by atoms with Crippen LogP contribution >= 0.6 is 0 Å². The molecule has 0 radical (unpaired) electrons. The Kier molecular flexibility index (Phi) is 2.71. The van der Waals surface area contributed by atoms with Crippen LogP contribution in [0.25, 0.3) is 0 Å². The number of nitriles is 1. The second-order valence-electron chi connectivity index (χ2n) is 2.18. The Hall–Kier alpha value is -2.22. The predicted molar refractivity (Wildman–Crippen MR) is 45.9 cm³/mol. The third kappa shape index (κ3) is 2.38. The SMILES string of the molecule is N#COc1ccccc1NC(N)=O. The number of para-hydroxylation sites is 2. The number of hydrogen-bond donors (Lipinski definition) is 2. The number of hydrogen-bond acceptors (Lipinski definition) is 3. The molecule has 0 unspecified atom stereocenters. The van der Waals surface area contributed by atoms with Crippen LogP contribution < -0.4 is 15.8 Å². The van der Waals surface area contributed by atoms with Gasteiger partial charge in [0, 0.05) is 0 Å². The fourth-order valence-electron chi connectivity index (χ4n) is 0.841. The van der Waals surface area contributed by atoms with Gasteiger partial charge in [-0.1, -0.05) is 12.1 Å². The molecule has 1 rings (SSSR count). The van der Waals surface area contributed by atoms with Gasteiger partial charge in [0.15, 0.2) is 5.75 Å². The molecule has 3 N–H and O–H groups in total. The lowest BCUT2D eigenvalue weighted by Crippen LogP contribution is -2.19. The first kappa shape index (κ1) is 8.87. The zero-order valence-corrected chi connectivity index (χ0v) is 6.65. The summed E-state index contributed by atoms with van der Waals surface area (Å²) in [6.07, 6.45) is 1.51. The highest BCUT2D eigenvalue weighted by Crippen LogP contribution is 2.22. The van der Waals surface area contributed by atoms with E-state index in [2.05, 4.69) is 10.1 Å². The van der Waals surface area contributed by atoms with Crippen molar-refractivity contribution >= 4 is 11.7 Å². The van der Waals surface area contributed by atoms with E-state index >= 15 is 0 Å². The van der Waals surface area contributed by atoms with Crippen molar-refractivity contribution in [3.05, 3.63) is 24.3 Å². The molecule has 0 fully saturated rings. The number of benzene rings is 1. The number of rotatable bonds is 2. The van der Waals surface area contributed by atoms with Crippen molar-refractivity contribution in [1.29, 1.82) is 5.26 Å². The first-order valence-electron chi connectivity index (χ1n) is 3.45. The first-order valence-corrected chi connectivity index (χ1v) is 3.45. The van der Waals surface area contributed by atoms with Crippen LogP contribution in [0.1, 0.15) is 0 Å². The fourth-order valence-corrected chi connectivity index (χ4v) is 0.841. The largest absolute Gasteiger partial charge is 0.386 e. The number of ether oxygens (including phenoxy) is 1. The molecule has 1 aromatic rings. The van der Waals surface area contributed by atoms with E-state index in [4.69, 9.17) is 11.0 Å². The summed E-state index contributed by atoms with van der Waals surface area (Å²) in [5.74, 6) is 0.267. The van der Waals surface area contributed by atoms with Crippen LogP contribution in [-0.2, 0) is 0 Å². The molecule has 0 aliphatic carbocycles. The van der Waals surface area contributed by atoms with Crippen molar-refractivity contribution in [2.24, 2.45) is 5.73 Å². The molecule has 0 aliphatic rings. The third-order valence-corrected chi connectivity index (χ3v) is 1.30. The number of nitrogens with one attached hydrogen (secondary N) is 1. The lowest BCUT2D eigenvalue weighted by atomic mass is 10.3. The van der Waals surface area contributed by atoms with Crippen molar-refractivity contribution in [1.82, 2.24) is 0 Å². The molecule has 66 valence electrons. The van der Waals surface area contributed by atoms with Gasteiger partial charge < -0.3 is 15.8 Å². The lowest BCUT2D eigenvalue weighted by Gasteiger charge is -2.04. The topological polar surface area (TPSA) is 88.1 Å². The summed E-state index contributed by atoms with van der Waals surface area (Å²) in [6, 6.07) is 5.80. The van der Waals surface area contributed by atoms with Gasteiger partial charge in [0.1, 0.15) is 0 Å². The van der Waals surface area contributed by atoms with Gasteiger partial charge in [-0.25, -0.2) is 4.79 Å². The maximum Gasteiger partial charge on any atom is 0.316 e. The van der Waals surface area contributed by atoms with Crippen molar-refractivity contribution in [2.45, 2.75) is 0 Å². The van der Waals surface area contributed by atoms with Gasteiger partial charge in [0.05, 0.1) is 5.69 Å². The lowest BCUT2D eigenvalue weighted by molar-refractivity contribution is 0.259. The van der Waals surface area contributed by atoms with E-state index in [1.54, 1.807) is 24.3 Å². The van der Waals surface area contributed by atoms with Gasteiger partial charge in [-0.15, -0.1) is 5.26 Å². The van der Waals surface area contributed by atoms with E-state index in [9.17, 15) is 4.79 Å². The number of nitrogens with zero attached hydrogens (tertiary/aromatic N) is 1. The number of amides is 2. The molecular weight excluding hydrogens is 170 g/mol. The predicted octanol–water partition coefficient (Wildman–Crippen LogP) is 1.04. The average molecular weight is 177 g/mol. The van der Waals surface area contributed by atoms with Gasteiger partial charge >= 0.3 is 6.03 Å². The number of nitrogens with two attached hydrogens (primary N) is 1. The number of carbonyl (C=O) groups is 1. The van der Waals surface area contributed by atoms with Gasteiger partial charge in [-0.2, -0.15) is 0 Å². The summed E-state index contributed by atoms with van der Waals surface area (Å²) < 4.78 is 4.57. The highest BCUT2D eigenvalue weighted by atomic mass is 16.5. The van der Waals surface area contributed by atoms with Crippen LogP contribution in [0.15, 0.2) is 24.3 Å². The molecule has 0 heterocycles. The van der Waals surface area contributed by atoms with E-state index in [-0.39, 0.29) is 5.75 Å². The number of anilines is 1. The molecule has 0 saturated carbocycles. The minimum Gasteiger partial charge on any atom is -0.386 e. The Labute approximate surface area is 74.7 Å². The smallest absolute Gasteiger partial charge is 0.316 e. The average Bonchev–Trinajstić information content (AvgIpc) is 2.08. The highest BCUT2D eigenvalue weighted by Gasteiger charge is 2.03. The minimum absolute atomic E-state index is 0.267. The second kappa shape index (κ2) is 3.97. The van der Waals surface area contributed by atoms with Crippen LogP contribution in [0.3, 0.4) is 0 Å². The Morgan fingerprint density at radius 2 is 2.23 bits per heavy atom. The van der Waals surface area contributed by atoms with Crippen LogP contribution in [0.5, 0.6) is 5.75 Å². The van der Waals surface area contributed by atoms with E-state index in [0.717, 1.165) is 0 Å². The molecule has 13 heavy (non-hydrogen) atoms. The Balaban J connectivity index is 2.92. The first-order chi connectivity index (χ1) is 6.24. The summed E-state index contributed by atoms with van der Waals surface area (Å²) >= 11 is 0. The summed E-state index contributed by atoms with van der Waals surface area (Å²) in [4.78, 5) is 10.5. The van der Waals surface area contributed by atoms with Crippen molar-refractivity contribution in [3.8, 4) is 12.0 Å². The third-order valence-electron chi connectivity index (χ3n) is 1.30. The van der Waals surface area contributed by atoms with Crippen molar-refractivity contribution in [3.63, 3.8) is 0 Å². The Morgan fingerprint density at radius 3 is 2.85 bits per heavy atom. The van der Waals surface area contributed by atoms with Crippen LogP contribution in [0, 0.1) is 11.5 Å². The van der Waals surface area contributed by atoms with E-state index in [0.29, 0.717) is 5.69 Å². The normalized spacial score (nSPS) is 8.54. The van der Waals surface area contributed by atoms with Gasteiger partial charge in [-0.05, 0) is 12.1 Å². The molecule has 0 saturated heterocycles. The standard InChI is InChI=1S/C8H7N3O2/c9-5-13-7-4-2-1-3-6(7)11-8(10)12/h1-4H,(H3,10,11,12). The molecular formula is C8H7N3O2. The summed E-state index contributed by atoms with van der Waals surface area (Å²) in [5.41, 5.74) is 5.27. The molecule has 5 nitrogen and oxygen atoms in total. The number of urea groups is 1. The molecule has 0 atom stereocenters. The van der Waals surface area contributed by atoms with Gasteiger partial charge in [0.25, 0.3) is 6.26 Å². The summed E-state index contributed by atoms with van der Waals surface area (Å²) in [6.45, 7) is 0. The van der Waals surface area contributed by atoms with E-state index in [1.165, 1.54) is 6.26 Å². The molecule has 2 amide bonds. The zero-order valence-electron chi connectivity index (χ0n) is 6.65. The van der Waals surface area contributed by atoms with Crippen molar-refractivity contribution < 1.29 is 9.53 Å². The maximum atomic E-state index is 10.5. The van der Waals surface area contributed by atoms with E-state index in [1.807, 2.05) is 0 Å². The summed E-state index contributed by atoms with van der Waals surface area (Å²) in [7, 11) is 0.